The summed E-state index contributed by atoms with van der Waals surface area (Å²) in [6.45, 7) is 7.54. The van der Waals surface area contributed by atoms with Crippen molar-refractivity contribution < 1.29 is 14.7 Å². The molecule has 0 spiro atoms. The van der Waals surface area contributed by atoms with Crippen molar-refractivity contribution in [3.63, 3.8) is 0 Å². The summed E-state index contributed by atoms with van der Waals surface area (Å²) >= 11 is 0. The number of hydrogen-bond acceptors (Lipinski definition) is 3. The lowest BCUT2D eigenvalue weighted by Crippen LogP contribution is -2.52. The molecule has 6 heteroatoms. The van der Waals surface area contributed by atoms with E-state index in [2.05, 4.69) is 11.8 Å². The second kappa shape index (κ2) is 6.92. The molecule has 0 aromatic rings. The van der Waals surface area contributed by atoms with Crippen LogP contribution in [0.4, 0.5) is 4.79 Å². The zero-order chi connectivity index (χ0) is 14.5. The highest BCUT2D eigenvalue weighted by Gasteiger charge is 2.30. The van der Waals surface area contributed by atoms with Crippen molar-refractivity contribution in [3.8, 4) is 0 Å². The summed E-state index contributed by atoms with van der Waals surface area (Å²) in [6, 6.07) is 0.166. The van der Waals surface area contributed by atoms with Gasteiger partial charge in [0, 0.05) is 45.8 Å². The van der Waals surface area contributed by atoms with Crippen LogP contribution in [-0.2, 0) is 4.79 Å². The van der Waals surface area contributed by atoms with Gasteiger partial charge in [-0.2, -0.15) is 0 Å². The Labute approximate surface area is 120 Å². The minimum Gasteiger partial charge on any atom is -0.481 e. The molecule has 2 rings (SSSR count). The molecule has 0 aromatic carbocycles. The highest BCUT2D eigenvalue weighted by molar-refractivity contribution is 5.75. The van der Waals surface area contributed by atoms with Crippen molar-refractivity contribution in [1.29, 1.82) is 0 Å². The molecule has 0 aliphatic carbocycles. The zero-order valence-electron chi connectivity index (χ0n) is 12.3. The summed E-state index contributed by atoms with van der Waals surface area (Å²) in [4.78, 5) is 28.9. The molecule has 1 atom stereocenters. The average Bonchev–Trinajstić information content (AvgIpc) is 2.94. The predicted octanol–water partition coefficient (Wildman–Crippen LogP) is 0.931. The summed E-state index contributed by atoms with van der Waals surface area (Å²) in [7, 11) is 0. The molecule has 0 bridgehead atoms. The molecular formula is C14H25N3O3. The van der Waals surface area contributed by atoms with Crippen LogP contribution in [0.15, 0.2) is 0 Å². The SMILES string of the molecule is CCC1CCN(C(=O)N2CCN(CCC(=O)O)CC2)C1. The van der Waals surface area contributed by atoms with Crippen molar-refractivity contribution in [3.05, 3.63) is 0 Å². The number of hydrogen-bond donors (Lipinski definition) is 1. The smallest absolute Gasteiger partial charge is 0.320 e. The molecule has 114 valence electrons. The van der Waals surface area contributed by atoms with Crippen LogP contribution in [0.2, 0.25) is 0 Å². The van der Waals surface area contributed by atoms with E-state index in [4.69, 9.17) is 5.11 Å². The van der Waals surface area contributed by atoms with Crippen molar-refractivity contribution in [2.75, 3.05) is 45.8 Å². The third-order valence-corrected chi connectivity index (χ3v) is 4.42. The summed E-state index contributed by atoms with van der Waals surface area (Å²) in [5.41, 5.74) is 0. The number of carbonyl (C=O) groups is 2. The van der Waals surface area contributed by atoms with E-state index in [1.807, 2.05) is 9.80 Å². The number of carboxylic acid groups (broad SMARTS) is 1. The molecule has 0 radical (unpaired) electrons. The summed E-state index contributed by atoms with van der Waals surface area (Å²) in [5, 5.41) is 8.68. The first-order valence-electron chi connectivity index (χ1n) is 7.58. The van der Waals surface area contributed by atoms with E-state index in [0.717, 1.165) is 39.0 Å². The van der Waals surface area contributed by atoms with Gasteiger partial charge in [0.25, 0.3) is 0 Å². The first-order chi connectivity index (χ1) is 9.60. The Morgan fingerprint density at radius 2 is 1.80 bits per heavy atom. The van der Waals surface area contributed by atoms with Crippen molar-refractivity contribution in [2.45, 2.75) is 26.2 Å². The molecule has 2 aliphatic heterocycles. The molecule has 2 aliphatic rings. The molecular weight excluding hydrogens is 258 g/mol. The van der Waals surface area contributed by atoms with Gasteiger partial charge in [0.05, 0.1) is 6.42 Å². The molecule has 1 N–H and O–H groups in total. The quantitative estimate of drug-likeness (QED) is 0.833. The van der Waals surface area contributed by atoms with Gasteiger partial charge in [-0.05, 0) is 12.3 Å². The zero-order valence-corrected chi connectivity index (χ0v) is 12.3. The van der Waals surface area contributed by atoms with Gasteiger partial charge in [-0.1, -0.05) is 13.3 Å². The number of likely N-dealkylation sites (tertiary alicyclic amines) is 1. The largest absolute Gasteiger partial charge is 0.481 e. The topological polar surface area (TPSA) is 64.1 Å². The maximum Gasteiger partial charge on any atom is 0.320 e. The Kier molecular flexibility index (Phi) is 5.23. The second-order valence-electron chi connectivity index (χ2n) is 5.76. The molecule has 2 fully saturated rings. The third-order valence-electron chi connectivity index (χ3n) is 4.42. The van der Waals surface area contributed by atoms with Crippen LogP contribution >= 0.6 is 0 Å². The average molecular weight is 283 g/mol. The van der Waals surface area contributed by atoms with Gasteiger partial charge < -0.3 is 14.9 Å². The lowest BCUT2D eigenvalue weighted by molar-refractivity contribution is -0.137. The highest BCUT2D eigenvalue weighted by atomic mass is 16.4. The van der Waals surface area contributed by atoms with E-state index in [0.29, 0.717) is 25.6 Å². The fourth-order valence-electron chi connectivity index (χ4n) is 2.96. The second-order valence-corrected chi connectivity index (χ2v) is 5.76. The maximum atomic E-state index is 12.4. The summed E-state index contributed by atoms with van der Waals surface area (Å²) in [5.74, 6) is -0.0954. The normalized spacial score (nSPS) is 24.1. The number of aliphatic carboxylic acids is 1. The molecule has 2 heterocycles. The van der Waals surface area contributed by atoms with Gasteiger partial charge in [-0.25, -0.2) is 4.79 Å². The van der Waals surface area contributed by atoms with Crippen LogP contribution in [0.5, 0.6) is 0 Å². The lowest BCUT2D eigenvalue weighted by atomic mass is 10.1. The Morgan fingerprint density at radius 1 is 1.10 bits per heavy atom. The lowest BCUT2D eigenvalue weighted by Gasteiger charge is -2.36. The summed E-state index contributed by atoms with van der Waals surface area (Å²) < 4.78 is 0. The van der Waals surface area contributed by atoms with E-state index in [1.165, 1.54) is 0 Å². The number of urea groups is 1. The van der Waals surface area contributed by atoms with E-state index in [9.17, 15) is 9.59 Å². The van der Waals surface area contributed by atoms with Gasteiger partial charge in [-0.15, -0.1) is 0 Å². The van der Waals surface area contributed by atoms with Crippen molar-refractivity contribution >= 4 is 12.0 Å². The first kappa shape index (κ1) is 15.1. The van der Waals surface area contributed by atoms with Crippen LogP contribution in [0, 0.1) is 5.92 Å². The van der Waals surface area contributed by atoms with E-state index >= 15 is 0 Å². The highest BCUT2D eigenvalue weighted by Crippen LogP contribution is 2.20. The Morgan fingerprint density at radius 3 is 2.35 bits per heavy atom. The fourth-order valence-corrected chi connectivity index (χ4v) is 2.96. The van der Waals surface area contributed by atoms with Crippen molar-refractivity contribution in [1.82, 2.24) is 14.7 Å². The van der Waals surface area contributed by atoms with Crippen LogP contribution in [0.1, 0.15) is 26.2 Å². The fraction of sp³-hybridized carbons (Fsp3) is 0.857. The number of carboxylic acids is 1. The monoisotopic (exact) mass is 283 g/mol. The molecule has 6 nitrogen and oxygen atoms in total. The number of nitrogens with zero attached hydrogens (tertiary/aromatic N) is 3. The van der Waals surface area contributed by atoms with Gasteiger partial charge in [0.2, 0.25) is 0 Å². The molecule has 20 heavy (non-hydrogen) atoms. The van der Waals surface area contributed by atoms with Gasteiger partial charge in [-0.3, -0.25) is 9.69 Å². The van der Waals surface area contributed by atoms with Crippen molar-refractivity contribution in [2.24, 2.45) is 5.92 Å². The first-order valence-corrected chi connectivity index (χ1v) is 7.58. The third kappa shape index (κ3) is 3.85. The van der Waals surface area contributed by atoms with Crippen LogP contribution in [0.3, 0.4) is 0 Å². The van der Waals surface area contributed by atoms with Gasteiger partial charge in [0.15, 0.2) is 0 Å². The number of rotatable bonds is 4. The molecule has 2 amide bonds. The molecule has 2 saturated heterocycles. The maximum absolute atomic E-state index is 12.4. The molecule has 0 aromatic heterocycles. The van der Waals surface area contributed by atoms with Gasteiger partial charge >= 0.3 is 12.0 Å². The number of amides is 2. The minimum atomic E-state index is -0.758. The van der Waals surface area contributed by atoms with Crippen LogP contribution in [-0.4, -0.2) is 77.6 Å². The van der Waals surface area contributed by atoms with Gasteiger partial charge in [0.1, 0.15) is 0 Å². The number of carbonyl (C=O) groups excluding carboxylic acids is 1. The van der Waals surface area contributed by atoms with Crippen LogP contribution < -0.4 is 0 Å². The Balaban J connectivity index is 1.73. The number of piperazine rings is 1. The predicted molar refractivity (Wildman–Crippen MR) is 75.6 cm³/mol. The van der Waals surface area contributed by atoms with E-state index in [1.54, 1.807) is 0 Å². The molecule has 0 saturated carbocycles. The Bertz CT molecular complexity index is 354. The van der Waals surface area contributed by atoms with Crippen LogP contribution in [0.25, 0.3) is 0 Å². The van der Waals surface area contributed by atoms with E-state index in [-0.39, 0.29) is 12.5 Å². The summed E-state index contributed by atoms with van der Waals surface area (Å²) in [6.07, 6.45) is 2.45. The minimum absolute atomic E-state index is 0.166. The molecule has 1 unspecified atom stereocenters. The van der Waals surface area contributed by atoms with E-state index < -0.39 is 5.97 Å². The Hall–Kier alpha value is -1.30. The standard InChI is InChI=1S/C14H25N3O3/c1-2-12-3-6-17(11-12)14(20)16-9-7-15(8-10-16)5-4-13(18)19/h12H,2-11H2,1H3,(H,18,19).